The van der Waals surface area contributed by atoms with Gasteiger partial charge in [0.2, 0.25) is 5.91 Å². The Morgan fingerprint density at radius 1 is 0.468 bits per heavy atom. The summed E-state index contributed by atoms with van der Waals surface area (Å²) in [7, 11) is 1.16. The average Bonchev–Trinajstić information content (AvgIpc) is 3.39. The monoisotopic (exact) mass is 1090 g/mol. The van der Waals surface area contributed by atoms with E-state index in [1.165, 1.54) is 96.3 Å². The summed E-state index contributed by atoms with van der Waals surface area (Å²) in [6.07, 6.45) is 75.2. The Morgan fingerprint density at radius 2 is 0.831 bits per heavy atom. The number of phosphoric acid groups is 1. The lowest BCUT2D eigenvalue weighted by Crippen LogP contribution is -2.47. The maximum absolute atomic E-state index is 13.5. The predicted octanol–water partition coefficient (Wildman–Crippen LogP) is 18.9. The van der Waals surface area contributed by atoms with Gasteiger partial charge < -0.3 is 28.5 Å². The molecule has 1 N–H and O–H groups in total. The number of nitrogens with zero attached hydrogens (tertiary/aromatic N) is 1. The first-order valence-electron chi connectivity index (χ1n) is 31.5. The largest absolute Gasteiger partial charge is 0.756 e. The van der Waals surface area contributed by atoms with Gasteiger partial charge in [-0.1, -0.05) is 240 Å². The number of likely N-dealkylation sites (N-methyl/N-ethyl adjacent to an activating group) is 1. The van der Waals surface area contributed by atoms with E-state index in [9.17, 15) is 19.0 Å². The zero-order chi connectivity index (χ0) is 56.4. The number of ether oxygens (including phenoxy) is 1. The van der Waals surface area contributed by atoms with Crippen LogP contribution in [0.2, 0.25) is 0 Å². The van der Waals surface area contributed by atoms with Crippen LogP contribution in [-0.4, -0.2) is 69.4 Å². The molecule has 444 valence electrons. The van der Waals surface area contributed by atoms with Gasteiger partial charge in [-0.3, -0.25) is 14.2 Å². The minimum Gasteiger partial charge on any atom is -0.756 e. The van der Waals surface area contributed by atoms with Crippen molar-refractivity contribution in [3.05, 3.63) is 97.2 Å². The number of rotatable bonds is 56. The zero-order valence-electron chi connectivity index (χ0n) is 50.6. The van der Waals surface area contributed by atoms with Crippen LogP contribution in [0, 0.1) is 0 Å². The molecule has 0 aliphatic rings. The number of nitrogens with one attached hydrogen (secondary N) is 1. The fourth-order valence-corrected chi connectivity index (χ4v) is 9.36. The second-order valence-electron chi connectivity index (χ2n) is 22.2. The maximum atomic E-state index is 13.5. The molecule has 0 aromatic heterocycles. The molecule has 0 radical (unpaired) electrons. The van der Waals surface area contributed by atoms with Gasteiger partial charge in [-0.2, -0.15) is 0 Å². The molecule has 0 bridgehead atoms. The Hall–Kier alpha value is -3.07. The van der Waals surface area contributed by atoms with Gasteiger partial charge in [0.05, 0.1) is 33.8 Å². The van der Waals surface area contributed by atoms with Gasteiger partial charge >= 0.3 is 5.97 Å². The highest BCUT2D eigenvalue weighted by molar-refractivity contribution is 7.45. The minimum absolute atomic E-state index is 0.0318. The van der Waals surface area contributed by atoms with Crippen molar-refractivity contribution >= 4 is 19.7 Å². The van der Waals surface area contributed by atoms with Crippen molar-refractivity contribution in [2.75, 3.05) is 40.9 Å². The van der Waals surface area contributed by atoms with E-state index in [0.29, 0.717) is 30.3 Å². The second-order valence-corrected chi connectivity index (χ2v) is 23.6. The standard InChI is InChI=1S/C67H119N2O7P/c1-7-10-13-16-19-22-25-28-30-31-32-33-34-35-36-37-38-39-40-41-44-47-50-53-56-59-66(70)68-64(63-75-77(72,73)74-62-61-69(4,5)6)65(58-55-52-49-46-43-27-24-21-18-15-12-9-3)76-67(71)60-57-54-51-48-45-42-29-26-23-20-17-14-11-8-2/h10,13,19,22,28,30,32-33,35-36,38-39,42,45,55,58,64-65H,7-9,11-12,14-18,20-21,23-27,29,31,34,37,40-41,43-44,46-54,56-57,59-63H2,1-6H3,(H-,68,70,72,73)/b13-10-,22-19-,30-28-,33-32-,36-35-,39-38-,45-42-,58-55-. The summed E-state index contributed by atoms with van der Waals surface area (Å²) >= 11 is 0. The lowest BCUT2D eigenvalue weighted by Gasteiger charge is -2.30. The third kappa shape index (κ3) is 57.4. The normalized spacial score (nSPS) is 14.3. The fourth-order valence-electron chi connectivity index (χ4n) is 8.64. The summed E-state index contributed by atoms with van der Waals surface area (Å²) in [6.45, 7) is 6.70. The van der Waals surface area contributed by atoms with E-state index < -0.39 is 26.6 Å². The van der Waals surface area contributed by atoms with Crippen molar-refractivity contribution in [1.29, 1.82) is 0 Å². The number of unbranched alkanes of at least 4 members (excludes halogenated alkanes) is 26. The zero-order valence-corrected chi connectivity index (χ0v) is 51.5. The molecule has 9 nitrogen and oxygen atoms in total. The summed E-state index contributed by atoms with van der Waals surface area (Å²) in [6, 6.07) is -0.907. The van der Waals surface area contributed by atoms with E-state index in [1.54, 1.807) is 0 Å². The Kier molecular flexibility index (Phi) is 54.0. The number of quaternary nitrogens is 1. The number of hydrogen-bond donors (Lipinski definition) is 1. The highest BCUT2D eigenvalue weighted by Gasteiger charge is 2.27. The second kappa shape index (κ2) is 56.2. The van der Waals surface area contributed by atoms with E-state index in [4.69, 9.17) is 13.8 Å². The quantitative estimate of drug-likeness (QED) is 0.0212. The molecule has 3 unspecified atom stereocenters. The molecule has 0 aliphatic carbocycles. The molecule has 1 amide bonds. The molecule has 3 atom stereocenters. The van der Waals surface area contributed by atoms with Crippen LogP contribution in [0.3, 0.4) is 0 Å². The Bertz CT molecular complexity index is 1640. The third-order valence-electron chi connectivity index (χ3n) is 13.5. The van der Waals surface area contributed by atoms with Crippen LogP contribution < -0.4 is 10.2 Å². The van der Waals surface area contributed by atoms with E-state index >= 15 is 0 Å². The van der Waals surface area contributed by atoms with E-state index in [2.05, 4.69) is 111 Å². The van der Waals surface area contributed by atoms with Crippen molar-refractivity contribution < 1.29 is 37.3 Å². The fraction of sp³-hybridized carbons (Fsp3) is 0.731. The Morgan fingerprint density at radius 3 is 1.27 bits per heavy atom. The summed E-state index contributed by atoms with van der Waals surface area (Å²) in [5, 5.41) is 3.02. The predicted molar refractivity (Wildman–Crippen MR) is 330 cm³/mol. The van der Waals surface area contributed by atoms with Crippen LogP contribution >= 0.6 is 7.82 Å². The molecule has 77 heavy (non-hydrogen) atoms. The summed E-state index contributed by atoms with van der Waals surface area (Å²) < 4.78 is 30.3. The number of phosphoric ester groups is 1. The van der Waals surface area contributed by atoms with Gasteiger partial charge in [0, 0.05) is 12.8 Å². The van der Waals surface area contributed by atoms with Crippen molar-refractivity contribution in [1.82, 2.24) is 5.32 Å². The molecule has 0 aromatic rings. The number of amides is 1. The molecule has 0 saturated carbocycles. The molecule has 0 rings (SSSR count). The number of carbonyl (C=O) groups excluding carboxylic acids is 2. The van der Waals surface area contributed by atoms with E-state index in [0.717, 1.165) is 122 Å². The lowest BCUT2D eigenvalue weighted by molar-refractivity contribution is -0.870. The van der Waals surface area contributed by atoms with Crippen LogP contribution in [0.15, 0.2) is 97.2 Å². The lowest BCUT2D eigenvalue weighted by atomic mass is 10.0. The van der Waals surface area contributed by atoms with Crippen molar-refractivity contribution in [3.8, 4) is 0 Å². The molecule has 0 spiro atoms. The van der Waals surface area contributed by atoms with Crippen LogP contribution in [0.5, 0.6) is 0 Å². The smallest absolute Gasteiger partial charge is 0.306 e. The van der Waals surface area contributed by atoms with Crippen LogP contribution in [-0.2, 0) is 27.9 Å². The topological polar surface area (TPSA) is 114 Å². The first-order valence-corrected chi connectivity index (χ1v) is 33.0. The molecular weight excluding hydrogens is 976 g/mol. The van der Waals surface area contributed by atoms with E-state index in [-0.39, 0.29) is 24.9 Å². The van der Waals surface area contributed by atoms with Crippen LogP contribution in [0.1, 0.15) is 265 Å². The molecule has 10 heteroatoms. The maximum Gasteiger partial charge on any atom is 0.306 e. The number of esters is 1. The molecule has 0 aliphatic heterocycles. The highest BCUT2D eigenvalue weighted by atomic mass is 31.2. The SMILES string of the molecule is CC/C=C\C/C=C\C/C=C\C/C=C\C/C=C\C/C=C\CCCCCCCCC(=O)NC(COP(=O)([O-])OCC[N+](C)(C)C)C(/C=C\CCCCCCCCCCCC)OC(=O)CCCCC/C=C\CCCCCCCCC. The summed E-state index contributed by atoms with van der Waals surface area (Å²) in [4.78, 5) is 40.0. The summed E-state index contributed by atoms with van der Waals surface area (Å²) in [5.74, 6) is -0.579. The first kappa shape index (κ1) is 73.9. The van der Waals surface area contributed by atoms with E-state index in [1.807, 2.05) is 33.3 Å². The Balaban J connectivity index is 5.23. The van der Waals surface area contributed by atoms with Crippen LogP contribution in [0.25, 0.3) is 0 Å². The van der Waals surface area contributed by atoms with Crippen LogP contribution in [0.4, 0.5) is 0 Å². The first-order chi connectivity index (χ1) is 37.4. The Labute approximate surface area is 475 Å². The van der Waals surface area contributed by atoms with Crippen molar-refractivity contribution in [3.63, 3.8) is 0 Å². The molecular formula is C67H119N2O7P. The van der Waals surface area contributed by atoms with Gasteiger partial charge in [0.1, 0.15) is 19.3 Å². The number of hydrogen-bond acceptors (Lipinski definition) is 7. The van der Waals surface area contributed by atoms with Gasteiger partial charge in [0.15, 0.2) is 0 Å². The molecule has 0 aromatic carbocycles. The molecule has 0 fully saturated rings. The van der Waals surface area contributed by atoms with Gasteiger partial charge in [-0.25, -0.2) is 0 Å². The van der Waals surface area contributed by atoms with Gasteiger partial charge in [0.25, 0.3) is 7.82 Å². The number of allylic oxidation sites excluding steroid dienone is 15. The van der Waals surface area contributed by atoms with Gasteiger partial charge in [-0.05, 0) is 109 Å². The number of carbonyl (C=O) groups is 2. The summed E-state index contributed by atoms with van der Waals surface area (Å²) in [5.41, 5.74) is 0. The third-order valence-corrected chi connectivity index (χ3v) is 14.5. The van der Waals surface area contributed by atoms with Crippen molar-refractivity contribution in [2.45, 2.75) is 277 Å². The molecule has 0 saturated heterocycles. The van der Waals surface area contributed by atoms with Gasteiger partial charge in [-0.15, -0.1) is 0 Å². The minimum atomic E-state index is -4.71. The average molecular weight is 1100 g/mol. The highest BCUT2D eigenvalue weighted by Crippen LogP contribution is 2.38. The molecule has 0 heterocycles. The van der Waals surface area contributed by atoms with Crippen molar-refractivity contribution in [2.24, 2.45) is 0 Å².